The fourth-order valence-electron chi connectivity index (χ4n) is 2.90. The summed E-state index contributed by atoms with van der Waals surface area (Å²) in [5.74, 6) is 0.853. The standard InChI is InChI=1S/C15H18BrNO/c1-15(8-4-5-9-15)13(16)10-14-17-11-6-2-3-7-12(11)18-14/h2-3,6-7,13H,4-5,8-10H2,1H3. The third kappa shape index (κ3) is 2.20. The zero-order valence-corrected chi connectivity index (χ0v) is 12.2. The summed E-state index contributed by atoms with van der Waals surface area (Å²) in [6, 6.07) is 7.97. The lowest BCUT2D eigenvalue weighted by molar-refractivity contribution is 0.314. The monoisotopic (exact) mass is 307 g/mol. The number of para-hydroxylation sites is 2. The molecule has 2 nitrogen and oxygen atoms in total. The minimum Gasteiger partial charge on any atom is -0.441 e. The first-order valence-electron chi connectivity index (χ1n) is 6.66. The second kappa shape index (κ2) is 4.69. The van der Waals surface area contributed by atoms with E-state index in [9.17, 15) is 0 Å². The number of alkyl halides is 1. The summed E-state index contributed by atoms with van der Waals surface area (Å²) >= 11 is 3.85. The molecule has 2 aromatic rings. The maximum absolute atomic E-state index is 5.80. The SMILES string of the molecule is CC1(C(Br)Cc2nc3ccccc3o2)CCCC1. The highest BCUT2D eigenvalue weighted by molar-refractivity contribution is 9.09. The number of benzene rings is 1. The van der Waals surface area contributed by atoms with Gasteiger partial charge in [0.1, 0.15) is 5.52 Å². The molecular formula is C15H18BrNO. The molecule has 0 aliphatic heterocycles. The Bertz CT molecular complexity index is 509. The second-order valence-electron chi connectivity index (χ2n) is 5.61. The van der Waals surface area contributed by atoms with E-state index in [1.807, 2.05) is 24.3 Å². The smallest absolute Gasteiger partial charge is 0.196 e. The van der Waals surface area contributed by atoms with Gasteiger partial charge in [0.25, 0.3) is 0 Å². The number of rotatable bonds is 3. The van der Waals surface area contributed by atoms with Gasteiger partial charge in [-0.15, -0.1) is 0 Å². The fraction of sp³-hybridized carbons (Fsp3) is 0.533. The molecule has 1 saturated carbocycles. The Labute approximate surface area is 116 Å². The first kappa shape index (κ1) is 12.2. The van der Waals surface area contributed by atoms with Gasteiger partial charge in [-0.3, -0.25) is 0 Å². The molecule has 1 aliphatic rings. The van der Waals surface area contributed by atoms with E-state index in [1.165, 1.54) is 25.7 Å². The van der Waals surface area contributed by atoms with Crippen LogP contribution in [0.2, 0.25) is 0 Å². The average molecular weight is 308 g/mol. The Hall–Kier alpha value is -0.830. The van der Waals surface area contributed by atoms with Crippen LogP contribution < -0.4 is 0 Å². The van der Waals surface area contributed by atoms with Gasteiger partial charge in [0.15, 0.2) is 11.5 Å². The van der Waals surface area contributed by atoms with Crippen molar-refractivity contribution in [3.63, 3.8) is 0 Å². The highest BCUT2D eigenvalue weighted by Crippen LogP contribution is 2.44. The Morgan fingerprint density at radius 1 is 1.33 bits per heavy atom. The van der Waals surface area contributed by atoms with Crippen molar-refractivity contribution in [3.8, 4) is 0 Å². The number of nitrogens with zero attached hydrogens (tertiary/aromatic N) is 1. The first-order valence-corrected chi connectivity index (χ1v) is 7.57. The van der Waals surface area contributed by atoms with Crippen molar-refractivity contribution < 1.29 is 4.42 Å². The molecule has 1 heterocycles. The van der Waals surface area contributed by atoms with Crippen molar-refractivity contribution in [2.24, 2.45) is 5.41 Å². The van der Waals surface area contributed by atoms with Gasteiger partial charge in [-0.25, -0.2) is 4.98 Å². The summed E-state index contributed by atoms with van der Waals surface area (Å²) in [6.07, 6.45) is 6.20. The van der Waals surface area contributed by atoms with Gasteiger partial charge in [-0.2, -0.15) is 0 Å². The van der Waals surface area contributed by atoms with Gasteiger partial charge in [-0.1, -0.05) is 47.8 Å². The maximum atomic E-state index is 5.80. The Morgan fingerprint density at radius 2 is 2.06 bits per heavy atom. The van der Waals surface area contributed by atoms with Crippen LogP contribution in [0.3, 0.4) is 0 Å². The number of fused-ring (bicyclic) bond motifs is 1. The minimum atomic E-state index is 0.403. The van der Waals surface area contributed by atoms with Crippen LogP contribution >= 0.6 is 15.9 Å². The predicted octanol–water partition coefficient (Wildman–Crippen LogP) is 4.71. The Kier molecular flexibility index (Phi) is 3.18. The minimum absolute atomic E-state index is 0.403. The van der Waals surface area contributed by atoms with E-state index >= 15 is 0 Å². The molecule has 96 valence electrons. The summed E-state index contributed by atoms with van der Waals surface area (Å²) in [4.78, 5) is 5.02. The molecule has 1 aliphatic carbocycles. The lowest BCUT2D eigenvalue weighted by Crippen LogP contribution is -2.26. The number of aromatic nitrogens is 1. The molecule has 1 fully saturated rings. The van der Waals surface area contributed by atoms with Crippen LogP contribution in [0.1, 0.15) is 38.5 Å². The van der Waals surface area contributed by atoms with E-state index in [0.717, 1.165) is 23.4 Å². The van der Waals surface area contributed by atoms with Crippen molar-refractivity contribution >= 4 is 27.0 Å². The van der Waals surface area contributed by atoms with Gasteiger partial charge < -0.3 is 4.42 Å². The van der Waals surface area contributed by atoms with E-state index in [4.69, 9.17) is 4.42 Å². The predicted molar refractivity (Wildman–Crippen MR) is 77.0 cm³/mol. The molecule has 18 heavy (non-hydrogen) atoms. The summed E-state index contributed by atoms with van der Waals surface area (Å²) < 4.78 is 5.80. The van der Waals surface area contributed by atoms with Crippen LogP contribution in [-0.4, -0.2) is 9.81 Å². The van der Waals surface area contributed by atoms with Crippen molar-refractivity contribution in [2.45, 2.75) is 43.9 Å². The van der Waals surface area contributed by atoms with Crippen LogP contribution in [0.25, 0.3) is 11.1 Å². The third-order valence-corrected chi connectivity index (χ3v) is 5.62. The molecule has 0 amide bonds. The van der Waals surface area contributed by atoms with Crippen LogP contribution in [0.5, 0.6) is 0 Å². The molecule has 0 spiro atoms. The summed E-state index contributed by atoms with van der Waals surface area (Å²) in [5, 5.41) is 0. The van der Waals surface area contributed by atoms with Gasteiger partial charge >= 0.3 is 0 Å². The molecule has 3 rings (SSSR count). The topological polar surface area (TPSA) is 26.0 Å². The number of hydrogen-bond donors (Lipinski definition) is 0. The normalized spacial score (nSPS) is 20.3. The Morgan fingerprint density at radius 3 is 2.78 bits per heavy atom. The van der Waals surface area contributed by atoms with Crippen LogP contribution in [0.15, 0.2) is 28.7 Å². The molecule has 3 heteroatoms. The number of halogens is 1. The fourth-order valence-corrected chi connectivity index (χ4v) is 3.64. The zero-order valence-electron chi connectivity index (χ0n) is 10.7. The highest BCUT2D eigenvalue weighted by atomic mass is 79.9. The highest BCUT2D eigenvalue weighted by Gasteiger charge is 2.36. The molecule has 1 aromatic carbocycles. The van der Waals surface area contributed by atoms with E-state index in [0.29, 0.717) is 10.2 Å². The van der Waals surface area contributed by atoms with Gasteiger partial charge in [0.05, 0.1) is 0 Å². The largest absolute Gasteiger partial charge is 0.441 e. The zero-order chi connectivity index (χ0) is 12.6. The molecule has 0 radical (unpaired) electrons. The van der Waals surface area contributed by atoms with E-state index in [1.54, 1.807) is 0 Å². The first-order chi connectivity index (χ1) is 8.67. The molecular weight excluding hydrogens is 290 g/mol. The maximum Gasteiger partial charge on any atom is 0.196 e. The molecule has 1 aromatic heterocycles. The van der Waals surface area contributed by atoms with E-state index in [2.05, 4.69) is 27.8 Å². The summed E-state index contributed by atoms with van der Waals surface area (Å²) in [7, 11) is 0. The van der Waals surface area contributed by atoms with Crippen LogP contribution in [0, 0.1) is 5.41 Å². The van der Waals surface area contributed by atoms with E-state index in [-0.39, 0.29) is 0 Å². The number of oxazole rings is 1. The average Bonchev–Trinajstić information content (AvgIpc) is 2.95. The Balaban J connectivity index is 1.79. The summed E-state index contributed by atoms with van der Waals surface area (Å²) in [6.45, 7) is 2.38. The summed E-state index contributed by atoms with van der Waals surface area (Å²) in [5.41, 5.74) is 2.26. The van der Waals surface area contributed by atoms with Crippen molar-refractivity contribution in [3.05, 3.63) is 30.2 Å². The van der Waals surface area contributed by atoms with Crippen molar-refractivity contribution in [1.82, 2.24) is 4.98 Å². The van der Waals surface area contributed by atoms with Gasteiger partial charge in [0, 0.05) is 11.2 Å². The second-order valence-corrected chi connectivity index (χ2v) is 6.71. The van der Waals surface area contributed by atoms with E-state index < -0.39 is 0 Å². The molecule has 0 bridgehead atoms. The molecule has 0 N–H and O–H groups in total. The van der Waals surface area contributed by atoms with Gasteiger partial charge in [0.2, 0.25) is 0 Å². The molecule has 0 saturated heterocycles. The third-order valence-electron chi connectivity index (χ3n) is 4.19. The number of hydrogen-bond acceptors (Lipinski definition) is 2. The quantitative estimate of drug-likeness (QED) is 0.767. The van der Waals surface area contributed by atoms with Crippen molar-refractivity contribution in [1.29, 1.82) is 0 Å². The van der Waals surface area contributed by atoms with Crippen LogP contribution in [0.4, 0.5) is 0 Å². The van der Waals surface area contributed by atoms with Gasteiger partial charge in [-0.05, 0) is 30.4 Å². The van der Waals surface area contributed by atoms with Crippen molar-refractivity contribution in [2.75, 3.05) is 0 Å². The lowest BCUT2D eigenvalue weighted by atomic mass is 9.84. The lowest BCUT2D eigenvalue weighted by Gasteiger charge is -2.28. The molecule has 1 unspecified atom stereocenters. The van der Waals surface area contributed by atoms with Crippen LogP contribution in [-0.2, 0) is 6.42 Å². The molecule has 1 atom stereocenters.